The molecule has 1 aliphatic heterocycles. The molecule has 3 heterocycles. The van der Waals surface area contributed by atoms with E-state index in [1.54, 1.807) is 24.0 Å². The lowest BCUT2D eigenvalue weighted by atomic mass is 9.83. The number of nitrogens with two attached hydrogens (primary N) is 2. The van der Waals surface area contributed by atoms with Crippen molar-refractivity contribution in [2.24, 2.45) is 22.4 Å². The number of rotatable bonds is 4. The Hall–Kier alpha value is -1.59. The molecule has 0 amide bonds. The fourth-order valence-corrected chi connectivity index (χ4v) is 4.27. The van der Waals surface area contributed by atoms with E-state index in [4.69, 9.17) is 27.8 Å². The van der Waals surface area contributed by atoms with E-state index in [0.29, 0.717) is 18.5 Å². The summed E-state index contributed by atoms with van der Waals surface area (Å²) in [4.78, 5) is 4.53. The molecule has 0 aromatic carbocycles. The van der Waals surface area contributed by atoms with Gasteiger partial charge in [0.05, 0.1) is 42.0 Å². The van der Waals surface area contributed by atoms with Crippen molar-refractivity contribution in [2.75, 3.05) is 19.1 Å². The molecular formula is C22H31ClF3N5OS. The number of fused-ring (bicyclic) bond motifs is 1. The van der Waals surface area contributed by atoms with Gasteiger partial charge in [-0.3, -0.25) is 0 Å². The smallest absolute Gasteiger partial charge is 0.252 e. The third-order valence-corrected chi connectivity index (χ3v) is 6.47. The first-order valence-electron chi connectivity index (χ1n) is 10.9. The second-order valence-electron chi connectivity index (χ2n) is 7.38. The molecule has 4 rings (SSSR count). The first kappa shape index (κ1) is 27.7. The van der Waals surface area contributed by atoms with E-state index in [1.807, 2.05) is 19.9 Å². The molecule has 6 nitrogen and oxygen atoms in total. The van der Waals surface area contributed by atoms with Crippen LogP contribution in [-0.4, -0.2) is 45.7 Å². The van der Waals surface area contributed by atoms with Crippen molar-refractivity contribution in [3.8, 4) is 0 Å². The Balaban J connectivity index is 0.000000270. The van der Waals surface area contributed by atoms with Crippen LogP contribution >= 0.6 is 23.4 Å². The highest BCUT2D eigenvalue weighted by Gasteiger charge is 2.42. The number of aromatic nitrogens is 2. The highest BCUT2D eigenvalue weighted by molar-refractivity contribution is 8.14. The Bertz CT molecular complexity index is 982. The van der Waals surface area contributed by atoms with Crippen LogP contribution in [0.3, 0.4) is 0 Å². The number of halogens is 4. The number of nitrogens with zero attached hydrogens (tertiary/aromatic N) is 3. The topological polar surface area (TPSA) is 90.9 Å². The van der Waals surface area contributed by atoms with Crippen LogP contribution in [0.1, 0.15) is 45.6 Å². The lowest BCUT2D eigenvalue weighted by molar-refractivity contribution is -0.0856. The van der Waals surface area contributed by atoms with Gasteiger partial charge in [0.15, 0.2) is 5.82 Å². The van der Waals surface area contributed by atoms with E-state index in [9.17, 15) is 13.2 Å². The van der Waals surface area contributed by atoms with Gasteiger partial charge >= 0.3 is 0 Å². The monoisotopic (exact) mass is 505 g/mol. The van der Waals surface area contributed by atoms with Gasteiger partial charge in [-0.25, -0.2) is 22.7 Å². The van der Waals surface area contributed by atoms with Gasteiger partial charge in [-0.15, -0.1) is 11.8 Å². The average Bonchev–Trinajstić information content (AvgIpc) is 3.21. The zero-order valence-electron chi connectivity index (χ0n) is 19.0. The number of thioether (sulfide) groups is 1. The standard InChI is InChI=1S/C13H12ClFN4OS.C7H13F2N.C2H6/c14-9-3-12-8(4-17-19(12)5-10(9)15)11-1-2-21-13(18-11)6-20-7-16;1-5-6(10)3-2-4-7(5,8)9;1-2/h1,3-5H,2,6-7,16H2;5-6H,2-4,10H2,1H3;1-2H3. The number of ether oxygens (including phenoxy) is 1. The molecule has 11 heteroatoms. The number of alkyl halides is 2. The summed E-state index contributed by atoms with van der Waals surface area (Å²) in [6.45, 7) is 6.07. The Labute approximate surface area is 201 Å². The van der Waals surface area contributed by atoms with Crippen molar-refractivity contribution in [1.82, 2.24) is 9.61 Å². The van der Waals surface area contributed by atoms with Crippen LogP contribution in [0.2, 0.25) is 5.02 Å². The minimum absolute atomic E-state index is 0.0157. The van der Waals surface area contributed by atoms with E-state index >= 15 is 0 Å². The molecule has 2 aromatic rings. The van der Waals surface area contributed by atoms with E-state index < -0.39 is 17.7 Å². The third kappa shape index (κ3) is 7.19. The van der Waals surface area contributed by atoms with Crippen LogP contribution < -0.4 is 11.5 Å². The van der Waals surface area contributed by atoms with Gasteiger partial charge in [-0.2, -0.15) is 5.10 Å². The van der Waals surface area contributed by atoms with Crippen LogP contribution in [0.4, 0.5) is 13.2 Å². The summed E-state index contributed by atoms with van der Waals surface area (Å²) in [7, 11) is 0. The Morgan fingerprint density at radius 1 is 1.36 bits per heavy atom. The zero-order valence-corrected chi connectivity index (χ0v) is 20.6. The quantitative estimate of drug-likeness (QED) is 0.547. The second-order valence-corrected chi connectivity index (χ2v) is 8.88. The fraction of sp³-hybridized carbons (Fsp3) is 0.545. The first-order valence-corrected chi connectivity index (χ1v) is 12.2. The minimum Gasteiger partial charge on any atom is -0.360 e. The van der Waals surface area contributed by atoms with E-state index in [-0.39, 0.29) is 24.2 Å². The van der Waals surface area contributed by atoms with Crippen molar-refractivity contribution < 1.29 is 17.9 Å². The minimum atomic E-state index is -2.52. The number of hydrogen-bond acceptors (Lipinski definition) is 6. The SMILES string of the molecule is CC.CC1C(N)CCCC1(F)F.NCOCC1=NC(c2cnn3cc(F)c(Cl)cc23)=CCS1. The summed E-state index contributed by atoms with van der Waals surface area (Å²) in [5.74, 6) is -2.87. The maximum Gasteiger partial charge on any atom is 0.252 e. The maximum atomic E-state index is 13.4. The predicted molar refractivity (Wildman–Crippen MR) is 130 cm³/mol. The predicted octanol–water partition coefficient (Wildman–Crippen LogP) is 5.34. The van der Waals surface area contributed by atoms with Gasteiger partial charge in [0.2, 0.25) is 0 Å². The van der Waals surface area contributed by atoms with Crippen LogP contribution in [0, 0.1) is 11.7 Å². The molecule has 2 atom stereocenters. The summed E-state index contributed by atoms with van der Waals surface area (Å²) < 4.78 is 45.6. The number of hydrogen-bond donors (Lipinski definition) is 2. The highest BCUT2D eigenvalue weighted by atomic mass is 35.5. The average molecular weight is 506 g/mol. The van der Waals surface area contributed by atoms with Crippen LogP contribution in [0.15, 0.2) is 29.5 Å². The van der Waals surface area contributed by atoms with Crippen molar-refractivity contribution in [3.63, 3.8) is 0 Å². The van der Waals surface area contributed by atoms with Crippen molar-refractivity contribution in [2.45, 2.75) is 52.0 Å². The molecule has 0 spiro atoms. The summed E-state index contributed by atoms with van der Waals surface area (Å²) in [5.41, 5.74) is 13.1. The summed E-state index contributed by atoms with van der Waals surface area (Å²) >= 11 is 7.44. The maximum absolute atomic E-state index is 13.4. The van der Waals surface area contributed by atoms with E-state index in [2.05, 4.69) is 10.1 Å². The molecule has 2 aliphatic rings. The van der Waals surface area contributed by atoms with Gasteiger partial charge in [0.25, 0.3) is 5.92 Å². The van der Waals surface area contributed by atoms with Gasteiger partial charge in [0.1, 0.15) is 5.04 Å². The Kier molecular flexibility index (Phi) is 10.7. The highest BCUT2D eigenvalue weighted by Crippen LogP contribution is 2.37. The normalized spacial score (nSPS) is 21.8. The first-order chi connectivity index (χ1) is 15.7. The molecule has 33 heavy (non-hydrogen) atoms. The van der Waals surface area contributed by atoms with Gasteiger partial charge in [0, 0.05) is 29.7 Å². The summed E-state index contributed by atoms with van der Waals surface area (Å²) in [5, 5.41) is 5.05. The van der Waals surface area contributed by atoms with Crippen molar-refractivity contribution >= 4 is 39.6 Å². The lowest BCUT2D eigenvalue weighted by Crippen LogP contribution is -2.44. The zero-order chi connectivity index (χ0) is 24.6. The summed E-state index contributed by atoms with van der Waals surface area (Å²) in [6, 6.07) is 1.25. The number of aliphatic imine (C=N–C) groups is 1. The Morgan fingerprint density at radius 2 is 2.09 bits per heavy atom. The molecule has 4 N–H and O–H groups in total. The van der Waals surface area contributed by atoms with Crippen LogP contribution in [-0.2, 0) is 4.74 Å². The molecular weight excluding hydrogens is 475 g/mol. The van der Waals surface area contributed by atoms with Gasteiger partial charge in [-0.1, -0.05) is 32.4 Å². The van der Waals surface area contributed by atoms with Crippen molar-refractivity contribution in [3.05, 3.63) is 40.9 Å². The molecule has 0 bridgehead atoms. The molecule has 1 aliphatic carbocycles. The van der Waals surface area contributed by atoms with E-state index in [1.165, 1.54) is 17.6 Å². The Morgan fingerprint density at radius 3 is 2.73 bits per heavy atom. The molecule has 2 unspecified atom stereocenters. The van der Waals surface area contributed by atoms with Crippen LogP contribution in [0.25, 0.3) is 11.2 Å². The lowest BCUT2D eigenvalue weighted by Gasteiger charge is -2.33. The number of pyridine rings is 1. The van der Waals surface area contributed by atoms with E-state index in [0.717, 1.165) is 28.5 Å². The largest absolute Gasteiger partial charge is 0.360 e. The second kappa shape index (κ2) is 12.8. The molecule has 184 valence electrons. The van der Waals surface area contributed by atoms with Crippen molar-refractivity contribution in [1.29, 1.82) is 0 Å². The molecule has 1 fully saturated rings. The molecule has 2 aromatic heterocycles. The fourth-order valence-electron chi connectivity index (χ4n) is 3.36. The summed E-state index contributed by atoms with van der Waals surface area (Å²) in [6.07, 6.45) is 6.22. The molecule has 0 radical (unpaired) electrons. The van der Waals surface area contributed by atoms with Crippen LogP contribution in [0.5, 0.6) is 0 Å². The molecule has 0 saturated heterocycles. The van der Waals surface area contributed by atoms with Gasteiger partial charge in [-0.05, 0) is 25.0 Å². The van der Waals surface area contributed by atoms with Gasteiger partial charge < -0.3 is 16.2 Å². The molecule has 1 saturated carbocycles. The third-order valence-electron chi connectivity index (χ3n) is 5.31.